The molecule has 2 heterocycles. The Morgan fingerprint density at radius 1 is 1.43 bits per heavy atom. The summed E-state index contributed by atoms with van der Waals surface area (Å²) in [5, 5.41) is 10.5. The van der Waals surface area contributed by atoms with E-state index in [0.717, 1.165) is 5.39 Å². The molecule has 1 aromatic carbocycles. The number of fused-ring (bicyclic) bond motifs is 1. The van der Waals surface area contributed by atoms with E-state index >= 15 is 0 Å². The molecule has 0 aliphatic carbocycles. The summed E-state index contributed by atoms with van der Waals surface area (Å²) in [6.45, 7) is 2.22. The van der Waals surface area contributed by atoms with Crippen molar-refractivity contribution in [3.8, 4) is 0 Å². The average Bonchev–Trinajstić information content (AvgIpc) is 3.04. The molecule has 0 saturated carbocycles. The highest BCUT2D eigenvalue weighted by Crippen LogP contribution is 2.30. The fourth-order valence-corrected chi connectivity index (χ4v) is 2.97. The summed E-state index contributed by atoms with van der Waals surface area (Å²) < 4.78 is 5.61. The third-order valence-electron chi connectivity index (χ3n) is 3.89. The predicted octanol–water partition coefficient (Wildman–Crippen LogP) is 3.08. The van der Waals surface area contributed by atoms with Gasteiger partial charge in [-0.05, 0) is 38.0 Å². The maximum Gasteiger partial charge on any atom is 0.326 e. The lowest BCUT2D eigenvalue weighted by Crippen LogP contribution is -2.40. The van der Waals surface area contributed by atoms with Gasteiger partial charge >= 0.3 is 5.97 Å². The van der Waals surface area contributed by atoms with Gasteiger partial charge in [-0.2, -0.15) is 0 Å². The van der Waals surface area contributed by atoms with Crippen molar-refractivity contribution in [1.82, 2.24) is 4.90 Å². The van der Waals surface area contributed by atoms with Crippen LogP contribution in [-0.2, 0) is 4.79 Å². The van der Waals surface area contributed by atoms with E-state index < -0.39 is 12.0 Å². The second-order valence-corrected chi connectivity index (χ2v) is 5.63. The number of carbonyl (C=O) groups excluding carboxylic acids is 1. The molecule has 1 unspecified atom stereocenters. The quantitative estimate of drug-likeness (QED) is 0.925. The maximum absolute atomic E-state index is 12.6. The van der Waals surface area contributed by atoms with E-state index in [-0.39, 0.29) is 11.7 Å². The topological polar surface area (TPSA) is 70.8 Å². The summed E-state index contributed by atoms with van der Waals surface area (Å²) in [6.07, 6.45) is 1.17. The zero-order chi connectivity index (χ0) is 15.1. The maximum atomic E-state index is 12.6. The van der Waals surface area contributed by atoms with Crippen molar-refractivity contribution in [2.24, 2.45) is 0 Å². The first kappa shape index (κ1) is 13.9. The minimum absolute atomic E-state index is 0.195. The minimum Gasteiger partial charge on any atom is -0.480 e. The van der Waals surface area contributed by atoms with Crippen LogP contribution in [0, 0.1) is 6.92 Å². The van der Waals surface area contributed by atoms with E-state index in [4.69, 9.17) is 16.0 Å². The fourth-order valence-electron chi connectivity index (χ4n) is 2.79. The van der Waals surface area contributed by atoms with Crippen LogP contribution < -0.4 is 0 Å². The molecule has 1 aliphatic heterocycles. The van der Waals surface area contributed by atoms with E-state index in [9.17, 15) is 14.7 Å². The van der Waals surface area contributed by atoms with Crippen LogP contribution >= 0.6 is 11.6 Å². The Kier molecular flexibility index (Phi) is 3.37. The van der Waals surface area contributed by atoms with Crippen molar-refractivity contribution in [3.05, 3.63) is 34.5 Å². The van der Waals surface area contributed by atoms with Gasteiger partial charge in [0.05, 0.1) is 0 Å². The number of nitrogens with zero attached hydrogens (tertiary/aromatic N) is 1. The lowest BCUT2D eigenvalue weighted by molar-refractivity contribution is -0.141. The molecule has 1 aliphatic rings. The molecule has 1 aromatic heterocycles. The summed E-state index contributed by atoms with van der Waals surface area (Å²) in [4.78, 5) is 25.2. The van der Waals surface area contributed by atoms with Crippen molar-refractivity contribution >= 4 is 34.4 Å². The van der Waals surface area contributed by atoms with Gasteiger partial charge in [0.1, 0.15) is 11.6 Å². The van der Waals surface area contributed by atoms with Gasteiger partial charge in [0.2, 0.25) is 0 Å². The first-order valence-corrected chi connectivity index (χ1v) is 7.09. The van der Waals surface area contributed by atoms with Crippen molar-refractivity contribution < 1.29 is 19.1 Å². The Balaban J connectivity index is 2.02. The lowest BCUT2D eigenvalue weighted by Gasteiger charge is -2.20. The van der Waals surface area contributed by atoms with Gasteiger partial charge in [-0.1, -0.05) is 11.6 Å². The number of aryl methyl sites for hydroxylation is 1. The van der Waals surface area contributed by atoms with Gasteiger partial charge in [0, 0.05) is 22.5 Å². The third kappa shape index (κ3) is 2.27. The molecule has 1 N–H and O–H groups in total. The Morgan fingerprint density at radius 3 is 2.90 bits per heavy atom. The fraction of sp³-hybridized carbons (Fsp3) is 0.333. The number of carboxylic acid groups (broad SMARTS) is 1. The number of hydrogen-bond donors (Lipinski definition) is 1. The Labute approximate surface area is 126 Å². The van der Waals surface area contributed by atoms with Crippen molar-refractivity contribution in [2.75, 3.05) is 6.54 Å². The second-order valence-electron chi connectivity index (χ2n) is 5.19. The van der Waals surface area contributed by atoms with Gasteiger partial charge in [-0.15, -0.1) is 0 Å². The van der Waals surface area contributed by atoms with E-state index in [1.807, 2.05) is 0 Å². The molecule has 110 valence electrons. The van der Waals surface area contributed by atoms with Crippen LogP contribution in [0.2, 0.25) is 5.02 Å². The number of aliphatic carboxylic acids is 1. The van der Waals surface area contributed by atoms with Crippen LogP contribution in [0.3, 0.4) is 0 Å². The van der Waals surface area contributed by atoms with Crippen LogP contribution in [0.1, 0.15) is 29.0 Å². The smallest absolute Gasteiger partial charge is 0.326 e. The minimum atomic E-state index is -0.974. The molecule has 0 radical (unpaired) electrons. The van der Waals surface area contributed by atoms with Gasteiger partial charge in [-0.3, -0.25) is 4.79 Å². The average molecular weight is 308 g/mol. The van der Waals surface area contributed by atoms with E-state index in [0.29, 0.717) is 35.6 Å². The number of amides is 1. The highest BCUT2D eigenvalue weighted by molar-refractivity contribution is 6.31. The number of carbonyl (C=O) groups is 2. The molecule has 2 aromatic rings. The van der Waals surface area contributed by atoms with Crippen LogP contribution in [0.25, 0.3) is 11.0 Å². The normalized spacial score (nSPS) is 18.4. The number of likely N-dealkylation sites (tertiary alicyclic amines) is 1. The van der Waals surface area contributed by atoms with Crippen molar-refractivity contribution in [2.45, 2.75) is 25.8 Å². The number of halogens is 1. The van der Waals surface area contributed by atoms with Gasteiger partial charge in [-0.25, -0.2) is 4.79 Å². The number of carboxylic acids is 1. The number of benzene rings is 1. The first-order chi connectivity index (χ1) is 9.99. The van der Waals surface area contributed by atoms with E-state index in [1.165, 1.54) is 4.90 Å². The van der Waals surface area contributed by atoms with Crippen LogP contribution in [0.15, 0.2) is 22.6 Å². The zero-order valence-electron chi connectivity index (χ0n) is 11.4. The Morgan fingerprint density at radius 2 is 2.19 bits per heavy atom. The summed E-state index contributed by atoms with van der Waals surface area (Å²) in [5.74, 6) is -1.15. The molecule has 1 fully saturated rings. The van der Waals surface area contributed by atoms with Gasteiger partial charge in [0.15, 0.2) is 5.76 Å². The van der Waals surface area contributed by atoms with Crippen LogP contribution in [-0.4, -0.2) is 34.5 Å². The molecule has 3 rings (SSSR count). The number of furan rings is 1. The molecule has 0 bridgehead atoms. The van der Waals surface area contributed by atoms with E-state index in [1.54, 1.807) is 25.1 Å². The monoisotopic (exact) mass is 307 g/mol. The zero-order valence-corrected chi connectivity index (χ0v) is 12.2. The van der Waals surface area contributed by atoms with Gasteiger partial charge in [0.25, 0.3) is 5.91 Å². The Hall–Kier alpha value is -2.01. The molecule has 5 nitrogen and oxygen atoms in total. The predicted molar refractivity (Wildman–Crippen MR) is 77.7 cm³/mol. The standard InChI is InChI=1S/C15H14ClNO4/c1-8-10-7-9(16)4-5-12(10)21-13(8)14(18)17-6-2-3-11(17)15(19)20/h4-5,7,11H,2-3,6H2,1H3,(H,19,20). The SMILES string of the molecule is Cc1c(C(=O)N2CCCC2C(=O)O)oc2ccc(Cl)cc12. The van der Waals surface area contributed by atoms with Crippen molar-refractivity contribution in [1.29, 1.82) is 0 Å². The molecule has 21 heavy (non-hydrogen) atoms. The molecule has 6 heteroatoms. The largest absolute Gasteiger partial charge is 0.480 e. The third-order valence-corrected chi connectivity index (χ3v) is 4.13. The summed E-state index contributed by atoms with van der Waals surface area (Å²) in [7, 11) is 0. The van der Waals surface area contributed by atoms with Gasteiger partial charge < -0.3 is 14.4 Å². The number of rotatable bonds is 2. The highest BCUT2D eigenvalue weighted by atomic mass is 35.5. The Bertz CT molecular complexity index is 737. The molecular formula is C15H14ClNO4. The second kappa shape index (κ2) is 5.07. The summed E-state index contributed by atoms with van der Waals surface area (Å²) in [5.41, 5.74) is 1.26. The molecule has 1 atom stereocenters. The first-order valence-electron chi connectivity index (χ1n) is 6.71. The lowest BCUT2D eigenvalue weighted by atomic mass is 10.1. The van der Waals surface area contributed by atoms with Crippen LogP contribution in [0.5, 0.6) is 0 Å². The molecular weight excluding hydrogens is 294 g/mol. The molecule has 0 spiro atoms. The van der Waals surface area contributed by atoms with Crippen molar-refractivity contribution in [3.63, 3.8) is 0 Å². The molecule has 1 amide bonds. The number of hydrogen-bond acceptors (Lipinski definition) is 3. The van der Waals surface area contributed by atoms with E-state index in [2.05, 4.69) is 0 Å². The summed E-state index contributed by atoms with van der Waals surface area (Å²) in [6, 6.07) is 4.37. The highest BCUT2D eigenvalue weighted by Gasteiger charge is 2.36. The molecule has 1 saturated heterocycles. The summed E-state index contributed by atoms with van der Waals surface area (Å²) >= 11 is 5.96. The van der Waals surface area contributed by atoms with Crippen LogP contribution in [0.4, 0.5) is 0 Å².